The molecule has 132 valence electrons. The molecule has 1 aliphatic rings. The molecule has 1 N–H and O–H groups in total. The first kappa shape index (κ1) is 18.2. The molecular weight excluding hydrogens is 312 g/mol. The summed E-state index contributed by atoms with van der Waals surface area (Å²) in [6.07, 6.45) is 2.09. The smallest absolute Gasteiger partial charge is 0.268 e. The van der Waals surface area contributed by atoms with E-state index in [-0.39, 0.29) is 11.8 Å². The van der Waals surface area contributed by atoms with E-state index in [0.717, 1.165) is 17.9 Å². The van der Waals surface area contributed by atoms with Gasteiger partial charge in [-0.1, -0.05) is 12.1 Å². The predicted molar refractivity (Wildman–Crippen MR) is 87.6 cm³/mol. The molecule has 7 nitrogen and oxygen atoms in total. The number of hydroxylamine groups is 2. The highest BCUT2D eigenvalue weighted by Crippen LogP contribution is 2.19. The van der Waals surface area contributed by atoms with Crippen molar-refractivity contribution in [3.8, 4) is 5.75 Å². The lowest BCUT2D eigenvalue weighted by molar-refractivity contribution is -0.171. The number of ether oxygens (including phenoxy) is 2. The SMILES string of the molecule is CON(C)C(=O)[C@@H]1CCCCOCCOc2ccccc2C(=O)N1. The Balaban J connectivity index is 2.21. The zero-order valence-corrected chi connectivity index (χ0v) is 14.1. The fraction of sp³-hybridized carbons (Fsp3) is 0.529. The van der Waals surface area contributed by atoms with E-state index in [9.17, 15) is 9.59 Å². The van der Waals surface area contributed by atoms with Gasteiger partial charge in [0, 0.05) is 13.7 Å². The second-order valence-corrected chi connectivity index (χ2v) is 5.50. The van der Waals surface area contributed by atoms with Gasteiger partial charge in [-0.15, -0.1) is 0 Å². The Morgan fingerprint density at radius 2 is 2.04 bits per heavy atom. The lowest BCUT2D eigenvalue weighted by atomic mass is 10.1. The molecule has 7 heteroatoms. The van der Waals surface area contributed by atoms with Crippen LogP contribution in [0.25, 0.3) is 0 Å². The highest BCUT2D eigenvalue weighted by atomic mass is 16.7. The Morgan fingerprint density at radius 3 is 2.83 bits per heavy atom. The number of carbonyl (C=O) groups excluding carboxylic acids is 2. The van der Waals surface area contributed by atoms with Crippen molar-refractivity contribution in [2.45, 2.75) is 25.3 Å². The Labute approximate surface area is 141 Å². The number of likely N-dealkylation sites (N-methyl/N-ethyl adjacent to an activating group) is 1. The summed E-state index contributed by atoms with van der Waals surface area (Å²) in [7, 11) is 2.94. The van der Waals surface area contributed by atoms with Crippen LogP contribution in [0.5, 0.6) is 5.75 Å². The maximum atomic E-state index is 12.6. The summed E-state index contributed by atoms with van der Waals surface area (Å²) in [6, 6.07) is 6.30. The molecule has 0 fully saturated rings. The van der Waals surface area contributed by atoms with Crippen molar-refractivity contribution >= 4 is 11.8 Å². The maximum absolute atomic E-state index is 12.6. The Kier molecular flexibility index (Phi) is 7.02. The van der Waals surface area contributed by atoms with Gasteiger partial charge in [0.25, 0.3) is 11.8 Å². The molecule has 0 aliphatic carbocycles. The molecule has 24 heavy (non-hydrogen) atoms. The number of nitrogens with one attached hydrogen (secondary N) is 1. The van der Waals surface area contributed by atoms with Crippen molar-refractivity contribution in [3.63, 3.8) is 0 Å². The first-order chi connectivity index (χ1) is 11.6. The second kappa shape index (κ2) is 9.24. The zero-order valence-electron chi connectivity index (χ0n) is 14.1. The Bertz CT molecular complexity index is 564. The molecule has 1 atom stereocenters. The van der Waals surface area contributed by atoms with Crippen LogP contribution in [0.15, 0.2) is 24.3 Å². The van der Waals surface area contributed by atoms with Gasteiger partial charge in [-0.2, -0.15) is 0 Å². The van der Waals surface area contributed by atoms with E-state index in [1.807, 2.05) is 0 Å². The molecule has 2 rings (SSSR count). The molecule has 0 saturated heterocycles. The molecule has 0 spiro atoms. The predicted octanol–water partition coefficient (Wildman–Crippen LogP) is 1.38. The molecule has 1 heterocycles. The van der Waals surface area contributed by atoms with Crippen LogP contribution in [0.2, 0.25) is 0 Å². The van der Waals surface area contributed by atoms with Crippen LogP contribution >= 0.6 is 0 Å². The molecule has 0 unspecified atom stereocenters. The molecule has 0 bridgehead atoms. The van der Waals surface area contributed by atoms with Crippen molar-refractivity contribution < 1.29 is 23.9 Å². The monoisotopic (exact) mass is 336 g/mol. The van der Waals surface area contributed by atoms with E-state index >= 15 is 0 Å². The summed E-state index contributed by atoms with van der Waals surface area (Å²) >= 11 is 0. The second-order valence-electron chi connectivity index (χ2n) is 5.50. The minimum Gasteiger partial charge on any atom is -0.490 e. The van der Waals surface area contributed by atoms with Crippen LogP contribution in [0.4, 0.5) is 0 Å². The van der Waals surface area contributed by atoms with Crippen LogP contribution in [0.3, 0.4) is 0 Å². The van der Waals surface area contributed by atoms with Crippen LogP contribution in [0.1, 0.15) is 29.6 Å². The number of carbonyl (C=O) groups is 2. The molecule has 0 aromatic heterocycles. The van der Waals surface area contributed by atoms with Gasteiger partial charge in [0.2, 0.25) is 0 Å². The van der Waals surface area contributed by atoms with Gasteiger partial charge in [0.1, 0.15) is 18.4 Å². The van der Waals surface area contributed by atoms with Crippen molar-refractivity contribution in [1.29, 1.82) is 0 Å². The van der Waals surface area contributed by atoms with Crippen molar-refractivity contribution in [3.05, 3.63) is 29.8 Å². The van der Waals surface area contributed by atoms with E-state index in [4.69, 9.17) is 14.3 Å². The van der Waals surface area contributed by atoms with Crippen molar-refractivity contribution in [2.75, 3.05) is 34.0 Å². The highest BCUT2D eigenvalue weighted by molar-refractivity contribution is 5.99. The van der Waals surface area contributed by atoms with E-state index in [0.29, 0.717) is 37.6 Å². The molecule has 1 aromatic rings. The summed E-state index contributed by atoms with van der Waals surface area (Å²) in [5, 5.41) is 3.92. The van der Waals surface area contributed by atoms with E-state index in [1.165, 1.54) is 14.2 Å². The lowest BCUT2D eigenvalue weighted by Crippen LogP contribution is -2.47. The van der Waals surface area contributed by atoms with Gasteiger partial charge in [-0.25, -0.2) is 5.06 Å². The average molecular weight is 336 g/mol. The zero-order chi connectivity index (χ0) is 17.4. The number of para-hydroxylation sites is 1. The molecule has 1 aromatic carbocycles. The number of rotatable bonds is 2. The topological polar surface area (TPSA) is 77.1 Å². The van der Waals surface area contributed by atoms with Gasteiger partial charge in [0.05, 0.1) is 19.3 Å². The molecule has 0 saturated carbocycles. The average Bonchev–Trinajstić information content (AvgIpc) is 2.62. The fourth-order valence-corrected chi connectivity index (χ4v) is 2.45. The number of benzene rings is 1. The summed E-state index contributed by atoms with van der Waals surface area (Å²) in [6.45, 7) is 1.43. The summed E-state index contributed by atoms with van der Waals surface area (Å²) < 4.78 is 11.1. The summed E-state index contributed by atoms with van der Waals surface area (Å²) in [5.41, 5.74) is 0.398. The minimum atomic E-state index is -0.656. The van der Waals surface area contributed by atoms with E-state index in [1.54, 1.807) is 24.3 Å². The van der Waals surface area contributed by atoms with Crippen LogP contribution in [-0.2, 0) is 14.4 Å². The van der Waals surface area contributed by atoms with Crippen molar-refractivity contribution in [1.82, 2.24) is 10.4 Å². The quantitative estimate of drug-likeness (QED) is 0.826. The number of amides is 2. The number of hydrogen-bond acceptors (Lipinski definition) is 5. The van der Waals surface area contributed by atoms with Gasteiger partial charge in [-0.05, 0) is 31.4 Å². The van der Waals surface area contributed by atoms with Crippen LogP contribution in [-0.4, -0.2) is 56.9 Å². The lowest BCUT2D eigenvalue weighted by Gasteiger charge is -2.23. The Morgan fingerprint density at radius 1 is 1.25 bits per heavy atom. The van der Waals surface area contributed by atoms with Gasteiger partial charge in [0.15, 0.2) is 0 Å². The standard InChI is InChI=1S/C17H24N2O5/c1-19(22-2)17(21)14-8-5-6-10-23-11-12-24-15-9-4-3-7-13(15)16(20)18-14/h3-4,7,9,14H,5-6,8,10-12H2,1-2H3,(H,18,20)/t14-/m0/s1. The van der Waals surface area contributed by atoms with Gasteiger partial charge < -0.3 is 14.8 Å². The van der Waals surface area contributed by atoms with Gasteiger partial charge >= 0.3 is 0 Å². The fourth-order valence-electron chi connectivity index (χ4n) is 2.45. The number of nitrogens with zero attached hydrogens (tertiary/aromatic N) is 1. The van der Waals surface area contributed by atoms with Crippen molar-refractivity contribution in [2.24, 2.45) is 0 Å². The molecular formula is C17H24N2O5. The van der Waals surface area contributed by atoms with Gasteiger partial charge in [-0.3, -0.25) is 14.4 Å². The summed E-state index contributed by atoms with van der Waals surface area (Å²) in [5.74, 6) is -0.155. The number of fused-ring (bicyclic) bond motifs is 1. The first-order valence-electron chi connectivity index (χ1n) is 8.05. The number of hydrogen-bond donors (Lipinski definition) is 1. The third-order valence-corrected chi connectivity index (χ3v) is 3.84. The Hall–Kier alpha value is -2.12. The molecule has 0 radical (unpaired) electrons. The highest BCUT2D eigenvalue weighted by Gasteiger charge is 2.25. The van der Waals surface area contributed by atoms with E-state index in [2.05, 4.69) is 5.32 Å². The third-order valence-electron chi connectivity index (χ3n) is 3.84. The molecule has 2 amide bonds. The first-order valence-corrected chi connectivity index (χ1v) is 8.05. The molecule has 1 aliphatic heterocycles. The van der Waals surface area contributed by atoms with Crippen LogP contribution in [0, 0.1) is 0 Å². The maximum Gasteiger partial charge on any atom is 0.268 e. The third kappa shape index (κ3) is 4.94. The normalized spacial score (nSPS) is 19.6. The summed E-state index contributed by atoms with van der Waals surface area (Å²) in [4.78, 5) is 29.9. The largest absolute Gasteiger partial charge is 0.490 e. The minimum absolute atomic E-state index is 0.292. The van der Waals surface area contributed by atoms with Crippen LogP contribution < -0.4 is 10.1 Å². The van der Waals surface area contributed by atoms with E-state index < -0.39 is 6.04 Å².